The van der Waals surface area contributed by atoms with E-state index >= 15 is 0 Å². The normalized spacial score (nSPS) is 16.3. The number of rotatable bonds is 6. The molecule has 0 saturated heterocycles. The number of hydrogen-bond acceptors (Lipinski definition) is 4. The first-order valence-electron chi connectivity index (χ1n) is 6.18. The predicted octanol–water partition coefficient (Wildman–Crippen LogP) is 2.52. The molecule has 1 fully saturated rings. The first kappa shape index (κ1) is 13.4. The summed E-state index contributed by atoms with van der Waals surface area (Å²) >= 11 is 7.28. The van der Waals surface area contributed by atoms with Crippen LogP contribution in [0.1, 0.15) is 25.7 Å². The van der Waals surface area contributed by atoms with Gasteiger partial charge < -0.3 is 0 Å². The lowest BCUT2D eigenvalue weighted by molar-refractivity contribution is 0.568. The summed E-state index contributed by atoms with van der Waals surface area (Å²) in [5.41, 5.74) is 0. The van der Waals surface area contributed by atoms with E-state index in [0.29, 0.717) is 11.5 Å². The summed E-state index contributed by atoms with van der Waals surface area (Å²) in [4.78, 5) is 4.62. The molecule has 0 aromatic carbocycles. The van der Waals surface area contributed by atoms with Crippen LogP contribution < -0.4 is 4.72 Å². The maximum absolute atomic E-state index is 12.2. The Morgan fingerprint density at radius 2 is 2.32 bits per heavy atom. The van der Waals surface area contributed by atoms with Gasteiger partial charge in [0, 0.05) is 18.1 Å². The zero-order chi connectivity index (χ0) is 13.5. The molecule has 2 aromatic rings. The van der Waals surface area contributed by atoms with Gasteiger partial charge >= 0.3 is 0 Å². The third-order valence-electron chi connectivity index (χ3n) is 3.21. The molecular formula is C11H14ClN3O2S2. The Morgan fingerprint density at radius 3 is 3.05 bits per heavy atom. The average molecular weight is 320 g/mol. The van der Waals surface area contributed by atoms with Crippen LogP contribution in [-0.4, -0.2) is 24.3 Å². The number of imidazole rings is 1. The minimum Gasteiger partial charge on any atom is -0.279 e. The number of nitrogens with zero attached hydrogens (tertiary/aromatic N) is 2. The molecule has 0 aliphatic heterocycles. The highest BCUT2D eigenvalue weighted by Crippen LogP contribution is 2.33. The van der Waals surface area contributed by atoms with Crippen molar-refractivity contribution in [1.82, 2.24) is 14.1 Å². The first-order chi connectivity index (χ1) is 9.08. The van der Waals surface area contributed by atoms with Crippen molar-refractivity contribution in [2.45, 2.75) is 30.7 Å². The van der Waals surface area contributed by atoms with Crippen LogP contribution in [0, 0.1) is 5.92 Å². The summed E-state index contributed by atoms with van der Waals surface area (Å²) in [5, 5.41) is 1.85. The van der Waals surface area contributed by atoms with Gasteiger partial charge in [-0.3, -0.25) is 4.40 Å². The highest BCUT2D eigenvalue weighted by Gasteiger charge is 2.25. The Balaban J connectivity index is 1.74. The van der Waals surface area contributed by atoms with E-state index in [4.69, 9.17) is 11.6 Å². The van der Waals surface area contributed by atoms with Crippen molar-refractivity contribution in [3.8, 4) is 0 Å². The van der Waals surface area contributed by atoms with Crippen LogP contribution in [0.4, 0.5) is 0 Å². The van der Waals surface area contributed by atoms with E-state index < -0.39 is 10.0 Å². The van der Waals surface area contributed by atoms with Crippen molar-refractivity contribution >= 4 is 37.9 Å². The summed E-state index contributed by atoms with van der Waals surface area (Å²) in [7, 11) is -3.60. The fourth-order valence-electron chi connectivity index (χ4n) is 2.05. The highest BCUT2D eigenvalue weighted by molar-refractivity contribution is 7.89. The number of fused-ring (bicyclic) bond motifs is 1. The van der Waals surface area contributed by atoms with Crippen molar-refractivity contribution in [3.05, 3.63) is 16.7 Å². The molecule has 0 bridgehead atoms. The molecule has 1 aliphatic rings. The molecule has 1 N–H and O–H groups in total. The van der Waals surface area contributed by atoms with Crippen LogP contribution in [0.3, 0.4) is 0 Å². The molecule has 1 aliphatic carbocycles. The molecule has 19 heavy (non-hydrogen) atoms. The van der Waals surface area contributed by atoms with Crippen molar-refractivity contribution < 1.29 is 8.42 Å². The van der Waals surface area contributed by atoms with Crippen LogP contribution in [0.2, 0.25) is 5.15 Å². The quantitative estimate of drug-likeness (QED) is 0.832. The summed E-state index contributed by atoms with van der Waals surface area (Å²) in [6.07, 6.45) is 6.20. The maximum Gasteiger partial charge on any atom is 0.259 e. The first-order valence-corrected chi connectivity index (χ1v) is 8.93. The second-order valence-electron chi connectivity index (χ2n) is 4.75. The molecule has 8 heteroatoms. The minimum absolute atomic E-state index is 0.0292. The number of halogens is 1. The van der Waals surface area contributed by atoms with Crippen LogP contribution in [0.25, 0.3) is 4.96 Å². The van der Waals surface area contributed by atoms with Gasteiger partial charge in [0.1, 0.15) is 0 Å². The van der Waals surface area contributed by atoms with Crippen molar-refractivity contribution in [2.75, 3.05) is 6.54 Å². The summed E-state index contributed by atoms with van der Waals surface area (Å²) < 4.78 is 28.6. The number of sulfonamides is 1. The minimum atomic E-state index is -3.60. The Morgan fingerprint density at radius 1 is 1.53 bits per heavy atom. The SMILES string of the molecule is O=S(=O)(NCCCC1CC1)c1c(Cl)nc2sccn12. The third-order valence-corrected chi connectivity index (χ3v) is 5.83. The number of hydrogen-bond donors (Lipinski definition) is 1. The fraction of sp³-hybridized carbons (Fsp3) is 0.545. The van der Waals surface area contributed by atoms with Crippen LogP contribution >= 0.6 is 22.9 Å². The lowest BCUT2D eigenvalue weighted by Crippen LogP contribution is -2.26. The summed E-state index contributed by atoms with van der Waals surface area (Å²) in [6.45, 7) is 0.451. The van der Waals surface area contributed by atoms with Gasteiger partial charge in [-0.05, 0) is 18.8 Å². The Hall–Kier alpha value is -0.630. The average Bonchev–Trinajstić information content (AvgIpc) is 2.96. The van der Waals surface area contributed by atoms with Gasteiger partial charge in [0.15, 0.2) is 15.1 Å². The summed E-state index contributed by atoms with van der Waals surface area (Å²) in [6, 6.07) is 0. The number of thiazole rings is 1. The van der Waals surface area contributed by atoms with E-state index in [2.05, 4.69) is 9.71 Å². The molecular weight excluding hydrogens is 306 g/mol. The van der Waals surface area contributed by atoms with Crippen molar-refractivity contribution in [2.24, 2.45) is 5.92 Å². The monoisotopic (exact) mass is 319 g/mol. The van der Waals surface area contributed by atoms with E-state index in [0.717, 1.165) is 18.8 Å². The third kappa shape index (κ3) is 2.79. The van der Waals surface area contributed by atoms with Gasteiger partial charge in [-0.25, -0.2) is 18.1 Å². The summed E-state index contributed by atoms with van der Waals surface area (Å²) in [5.74, 6) is 0.812. The second kappa shape index (κ2) is 5.05. The van der Waals surface area contributed by atoms with Gasteiger partial charge in [-0.15, -0.1) is 11.3 Å². The number of aromatic nitrogens is 2. The maximum atomic E-state index is 12.2. The highest BCUT2D eigenvalue weighted by atomic mass is 35.5. The van der Waals surface area contributed by atoms with Gasteiger partial charge in [-0.1, -0.05) is 24.4 Å². The molecule has 3 rings (SSSR count). The topological polar surface area (TPSA) is 63.5 Å². The van der Waals surface area contributed by atoms with E-state index in [1.807, 2.05) is 0 Å². The molecule has 2 heterocycles. The Labute approximate surface area is 120 Å². The number of nitrogens with one attached hydrogen (secondary N) is 1. The molecule has 0 unspecified atom stereocenters. The van der Waals surface area contributed by atoms with Gasteiger partial charge in [0.25, 0.3) is 10.0 Å². The zero-order valence-electron chi connectivity index (χ0n) is 10.2. The van der Waals surface area contributed by atoms with Crippen molar-refractivity contribution in [1.29, 1.82) is 0 Å². The molecule has 1 saturated carbocycles. The van der Waals surface area contributed by atoms with E-state index in [1.165, 1.54) is 28.6 Å². The lowest BCUT2D eigenvalue weighted by atomic mass is 10.2. The van der Waals surface area contributed by atoms with Crippen LogP contribution in [0.15, 0.2) is 16.6 Å². The standard InChI is InChI=1S/C11H14ClN3O2S2/c12-9-10(15-6-7-18-11(15)14-9)19(16,17)13-5-1-2-8-3-4-8/h6-8,13H,1-5H2. The van der Waals surface area contributed by atoms with Crippen LogP contribution in [-0.2, 0) is 10.0 Å². The lowest BCUT2D eigenvalue weighted by Gasteiger charge is -2.05. The predicted molar refractivity (Wildman–Crippen MR) is 75.2 cm³/mol. The zero-order valence-corrected chi connectivity index (χ0v) is 12.6. The fourth-order valence-corrected chi connectivity index (χ4v) is 4.57. The molecule has 0 amide bonds. The largest absolute Gasteiger partial charge is 0.279 e. The Bertz CT molecular complexity index is 688. The molecule has 104 valence electrons. The van der Waals surface area contributed by atoms with Crippen LogP contribution in [0.5, 0.6) is 0 Å². The van der Waals surface area contributed by atoms with Gasteiger partial charge in [0.05, 0.1) is 0 Å². The van der Waals surface area contributed by atoms with Gasteiger partial charge in [0.2, 0.25) is 0 Å². The molecule has 0 radical (unpaired) electrons. The second-order valence-corrected chi connectivity index (χ2v) is 7.66. The molecule has 2 aromatic heterocycles. The van der Waals surface area contributed by atoms with Gasteiger partial charge in [-0.2, -0.15) is 0 Å². The van der Waals surface area contributed by atoms with E-state index in [1.54, 1.807) is 11.6 Å². The van der Waals surface area contributed by atoms with E-state index in [9.17, 15) is 8.42 Å². The molecule has 5 nitrogen and oxygen atoms in total. The smallest absolute Gasteiger partial charge is 0.259 e. The Kier molecular flexibility index (Phi) is 3.55. The molecule has 0 atom stereocenters. The van der Waals surface area contributed by atoms with E-state index in [-0.39, 0.29) is 10.2 Å². The molecule has 0 spiro atoms. The van der Waals surface area contributed by atoms with Crippen molar-refractivity contribution in [3.63, 3.8) is 0 Å².